The van der Waals surface area contributed by atoms with E-state index in [1.165, 1.54) is 18.2 Å². The highest BCUT2D eigenvalue weighted by molar-refractivity contribution is 7.89. The number of hydrogen-bond acceptors (Lipinski definition) is 3. The Morgan fingerprint density at radius 2 is 1.83 bits per heavy atom. The summed E-state index contributed by atoms with van der Waals surface area (Å²) in [5.74, 6) is 0.644. The molecule has 0 aliphatic carbocycles. The van der Waals surface area contributed by atoms with Crippen molar-refractivity contribution in [2.75, 3.05) is 6.54 Å². The third-order valence-electron chi connectivity index (χ3n) is 1.98. The molecule has 0 aliphatic rings. The Balaban J connectivity index is 2.86. The van der Waals surface area contributed by atoms with Crippen LogP contribution in [0.3, 0.4) is 0 Å². The summed E-state index contributed by atoms with van der Waals surface area (Å²) in [6.45, 7) is 9.48. The number of hydrogen-bond donors (Lipinski definition) is 1. The maximum Gasteiger partial charge on any atom is 0.240 e. The van der Waals surface area contributed by atoms with Gasteiger partial charge in [-0.1, -0.05) is 6.08 Å². The van der Waals surface area contributed by atoms with Gasteiger partial charge in [-0.3, -0.25) is 0 Å². The van der Waals surface area contributed by atoms with Crippen LogP contribution < -0.4 is 9.46 Å². The molecule has 0 saturated carbocycles. The summed E-state index contributed by atoms with van der Waals surface area (Å²) >= 11 is 0. The fraction of sp³-hybridized carbons (Fsp3) is 0.385. The first-order chi connectivity index (χ1) is 8.24. The molecule has 0 fully saturated rings. The molecule has 0 atom stereocenters. The molecule has 0 unspecified atom stereocenters. The monoisotopic (exact) mass is 269 g/mol. The van der Waals surface area contributed by atoms with Crippen LogP contribution in [0.1, 0.15) is 20.8 Å². The van der Waals surface area contributed by atoms with Crippen LogP contribution in [0.4, 0.5) is 0 Å². The first kappa shape index (κ1) is 14.7. The van der Waals surface area contributed by atoms with Crippen LogP contribution >= 0.6 is 0 Å². The summed E-state index contributed by atoms with van der Waals surface area (Å²) in [5, 5.41) is 0. The van der Waals surface area contributed by atoms with Crippen molar-refractivity contribution >= 4 is 10.0 Å². The standard InChI is InChI=1S/C13H19NO3S/c1-5-10-14-18(15,16)12-8-6-11(7-9-12)17-13(2,3)4/h5-9,14H,1,10H2,2-4H3. The van der Waals surface area contributed by atoms with Crippen molar-refractivity contribution in [1.82, 2.24) is 4.72 Å². The topological polar surface area (TPSA) is 55.4 Å². The third kappa shape index (κ3) is 4.50. The fourth-order valence-corrected chi connectivity index (χ4v) is 2.29. The van der Waals surface area contributed by atoms with Gasteiger partial charge < -0.3 is 4.74 Å². The molecule has 0 heterocycles. The van der Waals surface area contributed by atoms with Gasteiger partial charge in [0.2, 0.25) is 10.0 Å². The normalized spacial score (nSPS) is 12.2. The van der Waals surface area contributed by atoms with Gasteiger partial charge in [-0.2, -0.15) is 0 Å². The fourth-order valence-electron chi connectivity index (χ4n) is 1.29. The van der Waals surface area contributed by atoms with Crippen molar-refractivity contribution in [2.45, 2.75) is 31.3 Å². The maximum absolute atomic E-state index is 11.8. The second-order valence-corrected chi connectivity index (χ2v) is 6.59. The number of benzene rings is 1. The summed E-state index contributed by atoms with van der Waals surface area (Å²) in [5.41, 5.74) is -0.304. The summed E-state index contributed by atoms with van der Waals surface area (Å²) in [6.07, 6.45) is 1.49. The quantitative estimate of drug-likeness (QED) is 0.835. The first-order valence-electron chi connectivity index (χ1n) is 5.64. The van der Waals surface area contributed by atoms with Crippen LogP contribution in [0.25, 0.3) is 0 Å². The van der Waals surface area contributed by atoms with Crippen LogP contribution in [-0.2, 0) is 10.0 Å². The third-order valence-corrected chi connectivity index (χ3v) is 3.42. The largest absolute Gasteiger partial charge is 0.488 e. The highest BCUT2D eigenvalue weighted by Gasteiger charge is 2.15. The summed E-state index contributed by atoms with van der Waals surface area (Å²) < 4.78 is 31.6. The number of rotatable bonds is 5. The minimum Gasteiger partial charge on any atom is -0.488 e. The molecule has 0 spiro atoms. The lowest BCUT2D eigenvalue weighted by atomic mass is 10.2. The van der Waals surface area contributed by atoms with Gasteiger partial charge in [0.05, 0.1) is 4.90 Å². The van der Waals surface area contributed by atoms with E-state index in [4.69, 9.17) is 4.74 Å². The number of ether oxygens (including phenoxy) is 1. The van der Waals surface area contributed by atoms with E-state index in [0.717, 1.165) is 0 Å². The van der Waals surface area contributed by atoms with Gasteiger partial charge in [-0.15, -0.1) is 6.58 Å². The maximum atomic E-state index is 11.8. The second kappa shape index (κ2) is 5.54. The molecule has 0 aliphatic heterocycles. The number of nitrogens with one attached hydrogen (secondary N) is 1. The molecular formula is C13H19NO3S. The number of sulfonamides is 1. The predicted molar refractivity (Wildman–Crippen MR) is 72.2 cm³/mol. The Hall–Kier alpha value is -1.33. The van der Waals surface area contributed by atoms with Gasteiger partial charge in [0.15, 0.2) is 0 Å². The first-order valence-corrected chi connectivity index (χ1v) is 7.12. The molecule has 1 aromatic carbocycles. The van der Waals surface area contributed by atoms with E-state index in [1.807, 2.05) is 20.8 Å². The van der Waals surface area contributed by atoms with Crippen molar-refractivity contribution in [3.8, 4) is 5.75 Å². The van der Waals surface area contributed by atoms with E-state index in [-0.39, 0.29) is 17.0 Å². The van der Waals surface area contributed by atoms with Crippen molar-refractivity contribution in [1.29, 1.82) is 0 Å². The Labute approximate surface area is 109 Å². The van der Waals surface area contributed by atoms with Crippen molar-refractivity contribution in [3.63, 3.8) is 0 Å². The molecule has 1 aromatic rings. The molecule has 1 N–H and O–H groups in total. The van der Waals surface area contributed by atoms with Crippen molar-refractivity contribution < 1.29 is 13.2 Å². The average molecular weight is 269 g/mol. The van der Waals surface area contributed by atoms with Crippen LogP contribution in [-0.4, -0.2) is 20.6 Å². The molecule has 0 saturated heterocycles. The lowest BCUT2D eigenvalue weighted by molar-refractivity contribution is 0.131. The molecule has 0 aromatic heterocycles. The Kier molecular flexibility index (Phi) is 4.53. The average Bonchev–Trinajstić information content (AvgIpc) is 2.25. The lowest BCUT2D eigenvalue weighted by Crippen LogP contribution is -2.24. The van der Waals surface area contributed by atoms with Crippen LogP contribution in [0.2, 0.25) is 0 Å². The van der Waals surface area contributed by atoms with Gasteiger partial charge >= 0.3 is 0 Å². The van der Waals surface area contributed by atoms with Crippen LogP contribution in [0.5, 0.6) is 5.75 Å². The molecule has 1 rings (SSSR count). The smallest absolute Gasteiger partial charge is 0.240 e. The minimum absolute atomic E-state index is 0.211. The Morgan fingerprint density at radius 1 is 1.28 bits per heavy atom. The van der Waals surface area contributed by atoms with Gasteiger partial charge in [-0.25, -0.2) is 13.1 Å². The molecule has 0 bridgehead atoms. The zero-order chi connectivity index (χ0) is 13.8. The van der Waals surface area contributed by atoms with E-state index in [2.05, 4.69) is 11.3 Å². The highest BCUT2D eigenvalue weighted by Crippen LogP contribution is 2.20. The van der Waals surface area contributed by atoms with Gasteiger partial charge in [0.25, 0.3) is 0 Å². The summed E-state index contributed by atoms with van der Waals surface area (Å²) in [6, 6.07) is 6.33. The van der Waals surface area contributed by atoms with Gasteiger partial charge in [0, 0.05) is 6.54 Å². The van der Waals surface area contributed by atoms with Gasteiger partial charge in [0.1, 0.15) is 11.4 Å². The van der Waals surface area contributed by atoms with Crippen molar-refractivity contribution in [2.24, 2.45) is 0 Å². The molecule has 0 radical (unpaired) electrons. The van der Waals surface area contributed by atoms with E-state index < -0.39 is 10.0 Å². The Morgan fingerprint density at radius 3 is 2.28 bits per heavy atom. The highest BCUT2D eigenvalue weighted by atomic mass is 32.2. The molecule has 100 valence electrons. The SMILES string of the molecule is C=CCNS(=O)(=O)c1ccc(OC(C)(C)C)cc1. The molecule has 5 heteroatoms. The second-order valence-electron chi connectivity index (χ2n) is 4.83. The zero-order valence-corrected chi connectivity index (χ0v) is 11.8. The zero-order valence-electron chi connectivity index (χ0n) is 10.9. The molecule has 0 amide bonds. The predicted octanol–water partition coefficient (Wildman–Crippen LogP) is 2.33. The van der Waals surface area contributed by atoms with Crippen molar-refractivity contribution in [3.05, 3.63) is 36.9 Å². The minimum atomic E-state index is -3.46. The molecular weight excluding hydrogens is 250 g/mol. The molecule has 18 heavy (non-hydrogen) atoms. The summed E-state index contributed by atoms with van der Waals surface area (Å²) in [7, 11) is -3.46. The Bertz CT molecular complexity index is 498. The lowest BCUT2D eigenvalue weighted by Gasteiger charge is -2.21. The van der Waals surface area contributed by atoms with E-state index >= 15 is 0 Å². The summed E-state index contributed by atoms with van der Waals surface area (Å²) in [4.78, 5) is 0.214. The van der Waals surface area contributed by atoms with Crippen LogP contribution in [0, 0.1) is 0 Å². The van der Waals surface area contributed by atoms with E-state index in [0.29, 0.717) is 5.75 Å². The van der Waals surface area contributed by atoms with Gasteiger partial charge in [-0.05, 0) is 45.0 Å². The van der Waals surface area contributed by atoms with E-state index in [9.17, 15) is 8.42 Å². The molecule has 4 nitrogen and oxygen atoms in total. The van der Waals surface area contributed by atoms with Crippen LogP contribution in [0.15, 0.2) is 41.8 Å². The van der Waals surface area contributed by atoms with E-state index in [1.54, 1.807) is 12.1 Å².